The smallest absolute Gasteiger partial charge is 0.391 e. The van der Waals surface area contributed by atoms with Gasteiger partial charge in [0.2, 0.25) is 0 Å². The molecule has 1 heterocycles. The van der Waals surface area contributed by atoms with Crippen molar-refractivity contribution < 1.29 is 5.32 Å². The Morgan fingerprint density at radius 2 is 1.18 bits per heavy atom. The fourth-order valence-corrected chi connectivity index (χ4v) is 0.898. The highest BCUT2D eigenvalue weighted by atomic mass is 35.9. The Kier molecular flexibility index (Phi) is 8.16. The van der Waals surface area contributed by atoms with E-state index in [1.54, 1.807) is 0 Å². The topological polar surface area (TPSA) is 16.6 Å². The molecule has 0 spiro atoms. The molecule has 2 N–H and O–H groups in total. The van der Waals surface area contributed by atoms with Gasteiger partial charge in [-0.25, -0.2) is 0 Å². The van der Waals surface area contributed by atoms with Crippen molar-refractivity contribution >= 4 is 49.6 Å². The van der Waals surface area contributed by atoms with Gasteiger partial charge in [0.1, 0.15) is 0 Å². The molecule has 1 saturated heterocycles. The lowest BCUT2D eigenvalue weighted by atomic mass is 10.2. The van der Waals surface area contributed by atoms with Crippen LogP contribution >= 0.6 is 40.2 Å². The van der Waals surface area contributed by atoms with Crippen LogP contribution in [0, 0.1) is 0 Å². The molecule has 0 aromatic heterocycles. The highest BCUT2D eigenvalue weighted by Gasteiger charge is 2.14. The molecular weight excluding hydrogens is 243 g/mol. The van der Waals surface area contributed by atoms with Gasteiger partial charge in [0.05, 0.1) is 13.1 Å². The van der Waals surface area contributed by atoms with Crippen LogP contribution in [0.3, 0.4) is 0 Å². The summed E-state index contributed by atoms with van der Waals surface area (Å²) in [5.74, 6) is 0. The summed E-state index contributed by atoms with van der Waals surface area (Å²) in [6.45, 7) is 2.75. The van der Waals surface area contributed by atoms with Gasteiger partial charge in [-0.05, 0) is 19.3 Å². The zero-order chi connectivity index (χ0) is 8.74. The molecule has 1 aliphatic heterocycles. The van der Waals surface area contributed by atoms with Crippen molar-refractivity contribution in [3.8, 4) is 0 Å². The third-order valence-corrected chi connectivity index (χ3v) is 1.32. The first-order chi connectivity index (χ1) is 5.00. The summed E-state index contributed by atoms with van der Waals surface area (Å²) in [5, 5.41) is 2.39. The second-order valence-electron chi connectivity index (χ2n) is 2.42. The summed E-state index contributed by atoms with van der Waals surface area (Å²) in [4.78, 5) is 0. The van der Waals surface area contributed by atoms with Gasteiger partial charge < -0.3 is 45.5 Å². The third kappa shape index (κ3) is 18.5. The molecule has 0 saturated carbocycles. The second-order valence-corrected chi connectivity index (χ2v) is 15.3. The average molecular weight is 255 g/mol. The SMILES string of the molecule is C1CC[NH2+]CC1.[Cl][Al-]([Cl])([Cl])[Cl]. The predicted octanol–water partition coefficient (Wildman–Crippen LogP) is 2.11. The van der Waals surface area contributed by atoms with E-state index >= 15 is 0 Å². The lowest BCUT2D eigenvalue weighted by molar-refractivity contribution is -0.662. The highest BCUT2D eigenvalue weighted by Crippen LogP contribution is 2.23. The van der Waals surface area contributed by atoms with Crippen molar-refractivity contribution in [2.75, 3.05) is 13.1 Å². The molecule has 1 nitrogen and oxygen atoms in total. The quantitative estimate of drug-likeness (QED) is 0.638. The summed E-state index contributed by atoms with van der Waals surface area (Å²) in [7, 11) is 17.0. The molecule has 0 unspecified atom stereocenters. The van der Waals surface area contributed by atoms with Crippen LogP contribution in [0.15, 0.2) is 0 Å². The third-order valence-electron chi connectivity index (χ3n) is 1.32. The van der Waals surface area contributed by atoms with Crippen LogP contribution in [0.1, 0.15) is 19.3 Å². The van der Waals surface area contributed by atoms with Gasteiger partial charge in [0, 0.05) is 0 Å². The van der Waals surface area contributed by atoms with Crippen molar-refractivity contribution in [1.29, 1.82) is 0 Å². The fourth-order valence-electron chi connectivity index (χ4n) is 0.898. The van der Waals surface area contributed by atoms with Gasteiger partial charge in [0.15, 0.2) is 0 Å². The van der Waals surface area contributed by atoms with E-state index in [9.17, 15) is 0 Å². The predicted molar refractivity (Wildman–Crippen MR) is 54.7 cm³/mol. The van der Waals surface area contributed by atoms with Crippen LogP contribution in [0.2, 0.25) is 0 Å². The molecule has 0 atom stereocenters. The lowest BCUT2D eigenvalue weighted by Gasteiger charge is -2.05. The lowest BCUT2D eigenvalue weighted by Crippen LogP contribution is -2.85. The molecule has 0 bridgehead atoms. The summed E-state index contributed by atoms with van der Waals surface area (Å²) >= 11 is 0. The maximum absolute atomic E-state index is 4.99. The summed E-state index contributed by atoms with van der Waals surface area (Å²) in [5.41, 5.74) is 0. The summed E-state index contributed by atoms with van der Waals surface area (Å²) in [6, 6.07) is 0. The Labute approximate surface area is 86.8 Å². The van der Waals surface area contributed by atoms with E-state index in [1.165, 1.54) is 32.4 Å². The van der Waals surface area contributed by atoms with E-state index < -0.39 is 9.39 Å². The minimum absolute atomic E-state index is 1.38. The zero-order valence-electron chi connectivity index (χ0n) is 6.20. The van der Waals surface area contributed by atoms with E-state index in [0.29, 0.717) is 0 Å². The van der Waals surface area contributed by atoms with Crippen molar-refractivity contribution in [2.24, 2.45) is 0 Å². The number of rotatable bonds is 0. The van der Waals surface area contributed by atoms with Crippen LogP contribution in [0.25, 0.3) is 0 Å². The van der Waals surface area contributed by atoms with Crippen LogP contribution in [0.5, 0.6) is 0 Å². The van der Waals surface area contributed by atoms with Gasteiger partial charge in [-0.2, -0.15) is 0 Å². The van der Waals surface area contributed by atoms with E-state index in [4.69, 9.17) is 40.2 Å². The van der Waals surface area contributed by atoms with Crippen LogP contribution in [0.4, 0.5) is 0 Å². The van der Waals surface area contributed by atoms with Gasteiger partial charge in [-0.15, -0.1) is 0 Å². The summed E-state index contributed by atoms with van der Waals surface area (Å²) in [6.07, 6.45) is 4.36. The van der Waals surface area contributed by atoms with Crippen molar-refractivity contribution in [1.82, 2.24) is 0 Å². The average Bonchev–Trinajstić information content (AvgIpc) is 1.88. The normalized spacial score (nSPS) is 18.5. The Balaban J connectivity index is 0.000000187. The number of hydrogen-bond acceptors (Lipinski definition) is 0. The van der Waals surface area contributed by atoms with Gasteiger partial charge >= 0.3 is 9.39 Å². The molecule has 0 aliphatic carbocycles. The molecule has 0 amide bonds. The molecule has 0 aromatic carbocycles. The van der Waals surface area contributed by atoms with Gasteiger partial charge in [0.25, 0.3) is 0 Å². The highest BCUT2D eigenvalue weighted by molar-refractivity contribution is 7.81. The molecular formula is C5H12AlCl4N. The van der Waals surface area contributed by atoms with Crippen LogP contribution in [-0.2, 0) is 0 Å². The van der Waals surface area contributed by atoms with E-state index in [1.807, 2.05) is 0 Å². The Bertz CT molecular complexity index is 73.5. The number of hydrogen-bond donors (Lipinski definition) is 1. The number of quaternary nitrogens is 1. The standard InChI is InChI=1S/C5H11N.Al.4ClH/c1-2-4-6-5-3-1;;;;;/h6H,1-5H2;;4*1H/q;+3;;;;/p-3. The first-order valence-corrected chi connectivity index (χ1v) is 10.7. The monoisotopic (exact) mass is 253 g/mol. The molecule has 0 radical (unpaired) electrons. The molecule has 11 heavy (non-hydrogen) atoms. The largest absolute Gasteiger partial charge is 0.564 e. The van der Waals surface area contributed by atoms with E-state index in [2.05, 4.69) is 5.32 Å². The minimum Gasteiger partial charge on any atom is -0.391 e. The molecule has 68 valence electrons. The maximum Gasteiger partial charge on any atom is 0.564 e. The molecule has 1 rings (SSSR count). The fraction of sp³-hybridized carbons (Fsp3) is 1.00. The minimum atomic E-state index is -2.94. The Morgan fingerprint density at radius 1 is 0.818 bits per heavy atom. The number of nitrogens with two attached hydrogens (primary N) is 1. The molecule has 1 fully saturated rings. The van der Waals surface area contributed by atoms with E-state index in [-0.39, 0.29) is 0 Å². The molecule has 0 aromatic rings. The van der Waals surface area contributed by atoms with Crippen LogP contribution < -0.4 is 5.32 Å². The number of halogens is 4. The summed E-state index contributed by atoms with van der Waals surface area (Å²) < 4.78 is 0. The molecule has 6 heteroatoms. The first-order valence-electron chi connectivity index (χ1n) is 3.69. The van der Waals surface area contributed by atoms with Crippen LogP contribution in [-0.4, -0.2) is 22.5 Å². The zero-order valence-corrected chi connectivity index (χ0v) is 10.4. The van der Waals surface area contributed by atoms with E-state index in [0.717, 1.165) is 0 Å². The van der Waals surface area contributed by atoms with Crippen molar-refractivity contribution in [2.45, 2.75) is 19.3 Å². The van der Waals surface area contributed by atoms with Gasteiger partial charge in [-0.1, -0.05) is 0 Å². The maximum atomic E-state index is 4.99. The van der Waals surface area contributed by atoms with Gasteiger partial charge in [-0.3, -0.25) is 0 Å². The Morgan fingerprint density at radius 3 is 1.27 bits per heavy atom. The van der Waals surface area contributed by atoms with Crippen molar-refractivity contribution in [3.63, 3.8) is 0 Å². The Hall–Kier alpha value is 1.65. The number of piperidine rings is 1. The van der Waals surface area contributed by atoms with Crippen molar-refractivity contribution in [3.05, 3.63) is 0 Å². The first kappa shape index (κ1) is 12.7. The second kappa shape index (κ2) is 7.09. The molecule has 1 aliphatic rings.